The molecule has 0 aliphatic carbocycles. The van der Waals surface area contributed by atoms with Crippen molar-refractivity contribution in [2.75, 3.05) is 13.1 Å². The van der Waals surface area contributed by atoms with Gasteiger partial charge in [-0.3, -0.25) is 4.79 Å². The van der Waals surface area contributed by atoms with Crippen molar-refractivity contribution in [2.24, 2.45) is 0 Å². The molecule has 2 rings (SSSR count). The van der Waals surface area contributed by atoms with Gasteiger partial charge in [-0.05, 0) is 51.0 Å². The third kappa shape index (κ3) is 12.1. The van der Waals surface area contributed by atoms with E-state index in [1.165, 1.54) is 44.3 Å². The van der Waals surface area contributed by atoms with E-state index in [1.807, 2.05) is 54.6 Å². The molecule has 0 saturated heterocycles. The normalized spacial score (nSPS) is 9.74. The van der Waals surface area contributed by atoms with Crippen molar-refractivity contribution in [2.45, 2.75) is 57.3 Å². The lowest BCUT2D eigenvalue weighted by atomic mass is 10.0. The summed E-state index contributed by atoms with van der Waals surface area (Å²) in [4.78, 5) is 13.0. The van der Waals surface area contributed by atoms with E-state index in [0.717, 1.165) is 16.9 Å². The number of aryl methyl sites for hydroxylation is 1. The van der Waals surface area contributed by atoms with Crippen LogP contribution in [0.1, 0.15) is 61.9 Å². The van der Waals surface area contributed by atoms with E-state index < -0.39 is 0 Å². The third-order valence-corrected chi connectivity index (χ3v) is 4.64. The Labute approximate surface area is 181 Å². The van der Waals surface area contributed by atoms with E-state index in [9.17, 15) is 4.79 Å². The van der Waals surface area contributed by atoms with Gasteiger partial charge in [0.05, 0.1) is 0 Å². The standard InChI is InChI=1S/C15H14OS.C8H19N.BrH/c16-14(12-6-2-1-3-7-12)11-10-13-8-4-5-9-15(13)17;1-3-5-7-9-8-6-4-2;/h1-9,17H,10-11H2;9H,3-8H2,1-2H3;1H. The Balaban J connectivity index is 0.000000584. The maximum atomic E-state index is 11.9. The molecule has 0 atom stereocenters. The first-order valence-corrected chi connectivity index (χ1v) is 10.3. The number of Topliss-reactive ketones (excluding diaryl/α,β-unsaturated/α-hetero) is 1. The highest BCUT2D eigenvalue weighted by Gasteiger charge is 2.08. The molecule has 2 aromatic carbocycles. The van der Waals surface area contributed by atoms with Crippen LogP contribution in [0, 0.1) is 0 Å². The van der Waals surface area contributed by atoms with Crippen molar-refractivity contribution in [3.63, 3.8) is 0 Å². The molecule has 2 aromatic rings. The summed E-state index contributed by atoms with van der Waals surface area (Å²) in [7, 11) is 0. The molecule has 4 heteroatoms. The van der Waals surface area contributed by atoms with Crippen LogP contribution in [-0.4, -0.2) is 18.9 Å². The van der Waals surface area contributed by atoms with Crippen LogP contribution in [0.3, 0.4) is 0 Å². The fraction of sp³-hybridized carbons (Fsp3) is 0.435. The summed E-state index contributed by atoms with van der Waals surface area (Å²) in [6, 6.07) is 17.4. The lowest BCUT2D eigenvalue weighted by molar-refractivity contribution is -0.0000133. The zero-order valence-electron chi connectivity index (χ0n) is 16.6. The molecule has 0 aromatic heterocycles. The van der Waals surface area contributed by atoms with Crippen LogP contribution in [0.15, 0.2) is 59.5 Å². The second-order valence-electron chi connectivity index (χ2n) is 6.40. The number of hydrogen-bond acceptors (Lipinski definition) is 2. The van der Waals surface area contributed by atoms with Crippen LogP contribution in [0.2, 0.25) is 0 Å². The number of carbonyl (C=O) groups excluding carboxylic acids is 1. The van der Waals surface area contributed by atoms with E-state index >= 15 is 0 Å². The number of ketones is 1. The van der Waals surface area contributed by atoms with E-state index in [1.54, 1.807) is 0 Å². The molecule has 27 heavy (non-hydrogen) atoms. The first-order valence-electron chi connectivity index (χ1n) is 9.77. The summed E-state index contributed by atoms with van der Waals surface area (Å²) in [6.07, 6.45) is 6.57. The van der Waals surface area contributed by atoms with E-state index in [2.05, 4.69) is 31.8 Å². The molecule has 0 aliphatic rings. The molecule has 0 saturated carbocycles. The first-order chi connectivity index (χ1) is 12.7. The van der Waals surface area contributed by atoms with Crippen LogP contribution in [-0.2, 0) is 19.0 Å². The molecule has 1 N–H and O–H groups in total. The predicted molar refractivity (Wildman–Crippen MR) is 117 cm³/mol. The quantitative estimate of drug-likeness (QED) is 0.340. The van der Waals surface area contributed by atoms with Crippen molar-refractivity contribution in [1.29, 1.82) is 0 Å². The van der Waals surface area contributed by atoms with Crippen molar-refractivity contribution in [3.05, 3.63) is 65.7 Å². The Kier molecular flexibility index (Phi) is 16.3. The topological polar surface area (TPSA) is 29.1 Å². The number of hydrogen-bond donors (Lipinski definition) is 1. The predicted octanol–water partition coefficient (Wildman–Crippen LogP) is 2.05. The maximum Gasteiger partial charge on any atom is 0.163 e. The molecular weight excluding hydrogens is 418 g/mol. The van der Waals surface area contributed by atoms with Crippen molar-refractivity contribution >= 4 is 18.4 Å². The minimum Gasteiger partial charge on any atom is -1.00 e. The number of unbranched alkanes of at least 4 members (excludes halogenated alkanes) is 2. The monoisotopic (exact) mass is 451 g/mol. The van der Waals surface area contributed by atoms with Gasteiger partial charge in [0.15, 0.2) is 10.7 Å². The summed E-state index contributed by atoms with van der Waals surface area (Å²) in [5.41, 5.74) is 1.97. The Morgan fingerprint density at radius 2 is 1.44 bits per heavy atom. The highest BCUT2D eigenvalue weighted by atomic mass is 79.9. The highest BCUT2D eigenvalue weighted by Crippen LogP contribution is 2.12. The van der Waals surface area contributed by atoms with Gasteiger partial charge in [0, 0.05) is 17.5 Å². The molecule has 2 nitrogen and oxygen atoms in total. The van der Waals surface area contributed by atoms with Crippen molar-refractivity contribution < 1.29 is 21.8 Å². The number of rotatable bonds is 10. The zero-order valence-corrected chi connectivity index (χ0v) is 19.2. The maximum absolute atomic E-state index is 11.9. The average Bonchev–Trinajstić information content (AvgIpc) is 2.68. The highest BCUT2D eigenvalue weighted by molar-refractivity contribution is 7.58. The second kappa shape index (κ2) is 17.0. The molecular formula is C23H34BrNOS. The fourth-order valence-corrected chi connectivity index (χ4v) is 2.79. The van der Waals surface area contributed by atoms with Gasteiger partial charge < -0.3 is 22.3 Å². The first kappa shape index (κ1) is 25.9. The Bertz CT molecular complexity index is 613. The molecule has 0 aliphatic heterocycles. The Morgan fingerprint density at radius 3 is 2.00 bits per heavy atom. The van der Waals surface area contributed by atoms with E-state index in [-0.39, 0.29) is 22.8 Å². The number of carbonyl (C=O) groups is 1. The van der Waals surface area contributed by atoms with Crippen LogP contribution in [0.25, 0.3) is 0 Å². The average molecular weight is 453 g/mol. The lowest BCUT2D eigenvalue weighted by Gasteiger charge is -2.01. The summed E-state index contributed by atoms with van der Waals surface area (Å²) in [5.74, 6) is 0.195. The summed E-state index contributed by atoms with van der Waals surface area (Å²) in [5, 5.41) is 3.39. The van der Waals surface area contributed by atoms with Gasteiger partial charge in [-0.15, -0.1) is 0 Å². The van der Waals surface area contributed by atoms with Gasteiger partial charge in [0.25, 0.3) is 0 Å². The van der Waals surface area contributed by atoms with Crippen LogP contribution in [0.5, 0.6) is 0 Å². The van der Waals surface area contributed by atoms with Gasteiger partial charge in [0.1, 0.15) is 0 Å². The summed E-state index contributed by atoms with van der Waals surface area (Å²) < 4.78 is 0. The van der Waals surface area contributed by atoms with Gasteiger partial charge in [-0.25, -0.2) is 0 Å². The van der Waals surface area contributed by atoms with Crippen LogP contribution < -0.4 is 22.3 Å². The molecule has 0 amide bonds. The van der Waals surface area contributed by atoms with Gasteiger partial charge in [-0.1, -0.05) is 75.2 Å². The number of nitrogens with one attached hydrogen (secondary N) is 1. The fourth-order valence-electron chi connectivity index (χ4n) is 2.48. The Hall–Kier alpha value is -1.10. The summed E-state index contributed by atoms with van der Waals surface area (Å²) in [6.45, 7) is 6.86. The minimum atomic E-state index is 0. The zero-order chi connectivity index (χ0) is 19.0. The smallest absolute Gasteiger partial charge is 0.163 e. The van der Waals surface area contributed by atoms with Crippen LogP contribution in [0.4, 0.5) is 0 Å². The van der Waals surface area contributed by atoms with Crippen LogP contribution >= 0.6 is 0 Å². The Morgan fingerprint density at radius 1 is 0.889 bits per heavy atom. The molecule has 0 unspecified atom stereocenters. The molecule has 0 radical (unpaired) electrons. The summed E-state index contributed by atoms with van der Waals surface area (Å²) >= 11 is 3.54. The minimum absolute atomic E-state index is 0. The lowest BCUT2D eigenvalue weighted by Crippen LogP contribution is -3.00. The molecule has 0 heterocycles. The second-order valence-corrected chi connectivity index (χ2v) is 6.94. The molecule has 0 bridgehead atoms. The molecule has 0 spiro atoms. The van der Waals surface area contributed by atoms with E-state index in [0.29, 0.717) is 6.42 Å². The molecule has 0 fully saturated rings. The molecule has 150 valence electrons. The van der Waals surface area contributed by atoms with Crippen molar-refractivity contribution in [1.82, 2.24) is 5.32 Å². The van der Waals surface area contributed by atoms with Gasteiger partial charge in [0.2, 0.25) is 0 Å². The third-order valence-electron chi connectivity index (χ3n) is 4.15. The van der Waals surface area contributed by atoms with Crippen molar-refractivity contribution in [3.8, 4) is 0 Å². The van der Waals surface area contributed by atoms with Gasteiger partial charge >= 0.3 is 0 Å². The largest absolute Gasteiger partial charge is 1.00 e. The van der Waals surface area contributed by atoms with Gasteiger partial charge in [-0.2, -0.15) is 0 Å². The number of halogens is 1. The number of benzene rings is 2. The SMILES string of the molecule is CCCCNCCCC.O=C(CCc1ccccc1[SH2+])c1ccccc1.[Br-]. The van der Waals surface area contributed by atoms with E-state index in [4.69, 9.17) is 0 Å².